The molecule has 0 aromatic carbocycles. The molecule has 0 atom stereocenters. The Labute approximate surface area is 115 Å². The minimum Gasteiger partial charge on any atom is -0.258 e. The summed E-state index contributed by atoms with van der Waals surface area (Å²) in [6, 6.07) is 2.23. The number of nitrogens with zero attached hydrogens (tertiary/aromatic N) is 1. The highest BCUT2D eigenvalue weighted by molar-refractivity contribution is 5.28. The Kier molecular flexibility index (Phi) is 12.2. The van der Waals surface area contributed by atoms with Crippen molar-refractivity contribution in [3.05, 3.63) is 28.6 Å². The first-order valence-corrected chi connectivity index (χ1v) is 7.36. The molecule has 1 nitrogen and oxygen atoms in total. The van der Waals surface area contributed by atoms with E-state index in [0.717, 1.165) is 18.0 Å². The Morgan fingerprint density at radius 2 is 1.44 bits per heavy atom. The highest BCUT2D eigenvalue weighted by atomic mass is 14.7. The predicted molar refractivity (Wildman–Crippen MR) is 84.3 cm³/mol. The summed E-state index contributed by atoms with van der Waals surface area (Å²) in [5, 5.41) is 0. The topological polar surface area (TPSA) is 12.9 Å². The van der Waals surface area contributed by atoms with E-state index in [4.69, 9.17) is 0 Å². The summed E-state index contributed by atoms with van der Waals surface area (Å²) in [6.45, 7) is 19.1. The van der Waals surface area contributed by atoms with Crippen LogP contribution in [0.15, 0.2) is 6.07 Å². The van der Waals surface area contributed by atoms with Crippen LogP contribution < -0.4 is 0 Å². The monoisotopic (exact) mass is 251 g/mol. The summed E-state index contributed by atoms with van der Waals surface area (Å²) in [5.41, 5.74) is 5.00. The van der Waals surface area contributed by atoms with Crippen LogP contribution in [-0.2, 0) is 6.42 Å². The van der Waals surface area contributed by atoms with Gasteiger partial charge in [-0.2, -0.15) is 0 Å². The van der Waals surface area contributed by atoms with Crippen molar-refractivity contribution in [3.8, 4) is 0 Å². The Hall–Kier alpha value is -0.850. The lowest BCUT2D eigenvalue weighted by Crippen LogP contribution is -1.95. The predicted octanol–water partition coefficient (Wildman–Crippen LogP) is 5.65. The molecule has 0 aliphatic carbocycles. The molecule has 0 saturated carbocycles. The zero-order valence-corrected chi connectivity index (χ0v) is 14.0. The van der Waals surface area contributed by atoms with Crippen LogP contribution in [-0.4, -0.2) is 4.98 Å². The number of hydrogen-bond acceptors (Lipinski definition) is 1. The van der Waals surface area contributed by atoms with Crippen molar-refractivity contribution >= 4 is 0 Å². The molecule has 0 fully saturated rings. The van der Waals surface area contributed by atoms with Crippen molar-refractivity contribution < 1.29 is 0 Å². The maximum absolute atomic E-state index is 4.44. The van der Waals surface area contributed by atoms with E-state index >= 15 is 0 Å². The molecular weight excluding hydrogens is 218 g/mol. The first-order chi connectivity index (χ1) is 8.42. The summed E-state index contributed by atoms with van der Waals surface area (Å²) in [6.07, 6.45) is 2.39. The average molecular weight is 251 g/mol. The van der Waals surface area contributed by atoms with Gasteiger partial charge in [0.1, 0.15) is 0 Å². The van der Waals surface area contributed by atoms with Crippen molar-refractivity contribution in [2.75, 3.05) is 0 Å². The fourth-order valence-corrected chi connectivity index (χ4v) is 1.24. The lowest BCUT2D eigenvalue weighted by atomic mass is 10.1. The van der Waals surface area contributed by atoms with Crippen LogP contribution in [0.3, 0.4) is 0 Å². The highest BCUT2D eigenvalue weighted by Gasteiger charge is 1.99. The summed E-state index contributed by atoms with van der Waals surface area (Å²) in [7, 11) is 0. The fourth-order valence-electron chi connectivity index (χ4n) is 1.24. The molecule has 0 N–H and O–H groups in total. The van der Waals surface area contributed by atoms with Gasteiger partial charge in [-0.15, -0.1) is 0 Å². The van der Waals surface area contributed by atoms with Crippen LogP contribution in [0.2, 0.25) is 0 Å². The molecule has 0 aliphatic heterocycles. The minimum absolute atomic E-state index is 0.884. The highest BCUT2D eigenvalue weighted by Crippen LogP contribution is 2.11. The zero-order valence-electron chi connectivity index (χ0n) is 14.0. The minimum atomic E-state index is 0.884. The first-order valence-electron chi connectivity index (χ1n) is 7.36. The van der Waals surface area contributed by atoms with E-state index in [2.05, 4.69) is 59.5 Å². The van der Waals surface area contributed by atoms with Gasteiger partial charge in [0.2, 0.25) is 0 Å². The number of pyridine rings is 1. The molecule has 1 aromatic heterocycles. The normalized spacial score (nSPS) is 9.22. The Bertz CT molecular complexity index is 314. The molecule has 18 heavy (non-hydrogen) atoms. The number of aromatic nitrogens is 1. The maximum atomic E-state index is 4.44. The van der Waals surface area contributed by atoms with Crippen molar-refractivity contribution in [3.63, 3.8) is 0 Å². The number of aryl methyl sites for hydroxylation is 4. The van der Waals surface area contributed by atoms with Gasteiger partial charge < -0.3 is 0 Å². The summed E-state index contributed by atoms with van der Waals surface area (Å²) in [5.74, 6) is 0.884. The smallest absolute Gasteiger partial charge is 0.0407 e. The molecule has 0 unspecified atom stereocenters. The van der Waals surface area contributed by atoms with Gasteiger partial charge in [0.15, 0.2) is 0 Å². The van der Waals surface area contributed by atoms with Gasteiger partial charge in [0.05, 0.1) is 0 Å². The third-order valence-electron chi connectivity index (χ3n) is 2.96. The van der Waals surface area contributed by atoms with Crippen molar-refractivity contribution in [2.45, 2.75) is 75.2 Å². The van der Waals surface area contributed by atoms with Crippen LogP contribution in [0.1, 0.15) is 70.5 Å². The SMILES string of the molecule is CC.CCC(C)C.CCc1cc(C)c(C)nc1C. The molecule has 1 rings (SSSR count). The van der Waals surface area contributed by atoms with Crippen LogP contribution in [0, 0.1) is 26.7 Å². The molecule has 0 spiro atoms. The van der Waals surface area contributed by atoms with Crippen molar-refractivity contribution in [2.24, 2.45) is 5.92 Å². The van der Waals surface area contributed by atoms with Gasteiger partial charge in [-0.25, -0.2) is 0 Å². The van der Waals surface area contributed by atoms with Crippen LogP contribution in [0.5, 0.6) is 0 Å². The van der Waals surface area contributed by atoms with E-state index in [1.165, 1.54) is 23.2 Å². The summed E-state index contributed by atoms with van der Waals surface area (Å²) in [4.78, 5) is 4.44. The summed E-state index contributed by atoms with van der Waals surface area (Å²) < 4.78 is 0. The van der Waals surface area contributed by atoms with E-state index < -0.39 is 0 Å². The zero-order chi connectivity index (χ0) is 14.7. The molecule has 0 amide bonds. The third kappa shape index (κ3) is 8.27. The second-order valence-corrected chi connectivity index (χ2v) is 4.79. The molecule has 0 saturated heterocycles. The molecular formula is C17H33N. The molecule has 0 bridgehead atoms. The molecule has 106 valence electrons. The van der Waals surface area contributed by atoms with E-state index in [1.807, 2.05) is 13.8 Å². The molecule has 0 radical (unpaired) electrons. The van der Waals surface area contributed by atoms with E-state index in [1.54, 1.807) is 0 Å². The van der Waals surface area contributed by atoms with E-state index in [-0.39, 0.29) is 0 Å². The molecule has 1 heteroatoms. The van der Waals surface area contributed by atoms with Crippen LogP contribution in [0.4, 0.5) is 0 Å². The van der Waals surface area contributed by atoms with Crippen molar-refractivity contribution in [1.82, 2.24) is 4.98 Å². The van der Waals surface area contributed by atoms with E-state index in [9.17, 15) is 0 Å². The lowest BCUT2D eigenvalue weighted by molar-refractivity contribution is 0.626. The van der Waals surface area contributed by atoms with Gasteiger partial charge >= 0.3 is 0 Å². The Morgan fingerprint density at radius 1 is 1.00 bits per heavy atom. The maximum Gasteiger partial charge on any atom is 0.0407 e. The van der Waals surface area contributed by atoms with Gasteiger partial charge in [0, 0.05) is 11.4 Å². The fraction of sp³-hybridized carbons (Fsp3) is 0.706. The van der Waals surface area contributed by atoms with E-state index in [0.29, 0.717) is 0 Å². The van der Waals surface area contributed by atoms with Crippen LogP contribution in [0.25, 0.3) is 0 Å². The second kappa shape index (κ2) is 11.3. The molecule has 0 aliphatic rings. The van der Waals surface area contributed by atoms with Crippen LogP contribution >= 0.6 is 0 Å². The Morgan fingerprint density at radius 3 is 1.78 bits per heavy atom. The lowest BCUT2D eigenvalue weighted by Gasteiger charge is -2.05. The number of hydrogen-bond donors (Lipinski definition) is 0. The second-order valence-electron chi connectivity index (χ2n) is 4.79. The molecule has 1 aromatic rings. The largest absolute Gasteiger partial charge is 0.258 e. The Balaban J connectivity index is 0. The van der Waals surface area contributed by atoms with Gasteiger partial charge in [-0.1, -0.05) is 54.0 Å². The quantitative estimate of drug-likeness (QED) is 0.662. The number of rotatable bonds is 2. The molecule has 1 heterocycles. The van der Waals surface area contributed by atoms with Gasteiger partial charge in [-0.05, 0) is 44.2 Å². The average Bonchev–Trinajstić information content (AvgIpc) is 2.37. The van der Waals surface area contributed by atoms with Crippen molar-refractivity contribution in [1.29, 1.82) is 0 Å². The standard InChI is InChI=1S/C10H15N.C5H12.C2H6/c1-5-10-6-7(2)8(3)11-9(10)4;1-4-5(2)3;1-2/h6H,5H2,1-4H3;5H,4H2,1-3H3;1-2H3. The first kappa shape index (κ1) is 19.5. The third-order valence-corrected chi connectivity index (χ3v) is 2.96. The summed E-state index contributed by atoms with van der Waals surface area (Å²) >= 11 is 0. The van der Waals surface area contributed by atoms with Gasteiger partial charge in [0.25, 0.3) is 0 Å². The van der Waals surface area contributed by atoms with Gasteiger partial charge in [-0.3, -0.25) is 4.98 Å².